The molecule has 0 bridgehead atoms. The van der Waals surface area contributed by atoms with E-state index in [-0.39, 0.29) is 11.9 Å². The van der Waals surface area contributed by atoms with Crippen molar-refractivity contribution in [2.24, 2.45) is 0 Å². The SMILES string of the molecule is COc1cccc(C(C)NC(=O)c2cc(Cl)ccc2N)c1. The maximum absolute atomic E-state index is 12.3. The van der Waals surface area contributed by atoms with Crippen molar-refractivity contribution >= 4 is 23.2 Å². The van der Waals surface area contributed by atoms with Gasteiger partial charge in [-0.25, -0.2) is 0 Å². The Morgan fingerprint density at radius 3 is 2.76 bits per heavy atom. The Labute approximate surface area is 128 Å². The molecule has 0 aromatic heterocycles. The number of hydrogen-bond donors (Lipinski definition) is 2. The molecule has 0 aliphatic carbocycles. The Bertz CT molecular complexity index is 658. The Kier molecular flexibility index (Phi) is 4.70. The fourth-order valence-corrected chi connectivity index (χ4v) is 2.17. The van der Waals surface area contributed by atoms with Crippen LogP contribution in [0.25, 0.3) is 0 Å². The number of methoxy groups -OCH3 is 1. The summed E-state index contributed by atoms with van der Waals surface area (Å²) in [6.07, 6.45) is 0. The molecule has 5 heteroatoms. The predicted molar refractivity (Wildman–Crippen MR) is 84.7 cm³/mol. The summed E-state index contributed by atoms with van der Waals surface area (Å²) in [5.74, 6) is 0.487. The van der Waals surface area contributed by atoms with E-state index in [1.54, 1.807) is 25.3 Å². The minimum atomic E-state index is -0.259. The Morgan fingerprint density at radius 1 is 1.29 bits per heavy atom. The molecule has 3 N–H and O–H groups in total. The molecular weight excluding hydrogens is 288 g/mol. The van der Waals surface area contributed by atoms with Gasteiger partial charge in [-0.2, -0.15) is 0 Å². The number of rotatable bonds is 4. The molecule has 2 rings (SSSR count). The zero-order valence-corrected chi connectivity index (χ0v) is 12.6. The van der Waals surface area contributed by atoms with Crippen LogP contribution in [0, 0.1) is 0 Å². The second kappa shape index (κ2) is 6.50. The summed E-state index contributed by atoms with van der Waals surface area (Å²) < 4.78 is 5.18. The first-order chi connectivity index (χ1) is 10.0. The molecule has 0 radical (unpaired) electrons. The average molecular weight is 305 g/mol. The van der Waals surface area contributed by atoms with Gasteiger partial charge in [0.15, 0.2) is 0 Å². The van der Waals surface area contributed by atoms with Crippen molar-refractivity contribution in [2.75, 3.05) is 12.8 Å². The van der Waals surface area contributed by atoms with E-state index in [1.807, 2.05) is 31.2 Å². The lowest BCUT2D eigenvalue weighted by atomic mass is 10.1. The first-order valence-corrected chi connectivity index (χ1v) is 6.89. The number of carbonyl (C=O) groups is 1. The summed E-state index contributed by atoms with van der Waals surface area (Å²) in [6, 6.07) is 12.2. The monoisotopic (exact) mass is 304 g/mol. The topological polar surface area (TPSA) is 64.3 Å². The quantitative estimate of drug-likeness (QED) is 0.851. The fraction of sp³-hybridized carbons (Fsp3) is 0.188. The number of nitrogen functional groups attached to an aromatic ring is 1. The highest BCUT2D eigenvalue weighted by Crippen LogP contribution is 2.21. The fourth-order valence-electron chi connectivity index (χ4n) is 1.99. The smallest absolute Gasteiger partial charge is 0.253 e. The van der Waals surface area contributed by atoms with Gasteiger partial charge < -0.3 is 15.8 Å². The number of ether oxygens (including phenoxy) is 1. The molecule has 2 aromatic carbocycles. The minimum absolute atomic E-state index is 0.175. The molecule has 0 spiro atoms. The number of nitrogens with one attached hydrogen (secondary N) is 1. The van der Waals surface area contributed by atoms with Crippen LogP contribution < -0.4 is 15.8 Å². The van der Waals surface area contributed by atoms with E-state index in [0.29, 0.717) is 16.3 Å². The molecule has 110 valence electrons. The third-order valence-corrected chi connectivity index (χ3v) is 3.44. The van der Waals surface area contributed by atoms with Crippen molar-refractivity contribution in [3.63, 3.8) is 0 Å². The number of amides is 1. The van der Waals surface area contributed by atoms with Gasteiger partial charge in [-0.15, -0.1) is 0 Å². The first-order valence-electron chi connectivity index (χ1n) is 6.51. The third kappa shape index (κ3) is 3.67. The molecule has 2 aromatic rings. The van der Waals surface area contributed by atoms with Gasteiger partial charge in [0.05, 0.1) is 18.7 Å². The van der Waals surface area contributed by atoms with Gasteiger partial charge in [0, 0.05) is 10.7 Å². The molecule has 0 aliphatic rings. The van der Waals surface area contributed by atoms with E-state index in [0.717, 1.165) is 11.3 Å². The molecule has 0 aliphatic heterocycles. The standard InChI is InChI=1S/C16H17ClN2O2/c1-10(11-4-3-5-13(8-11)21-2)19-16(20)14-9-12(17)6-7-15(14)18/h3-10H,18H2,1-2H3,(H,19,20). The van der Waals surface area contributed by atoms with E-state index in [2.05, 4.69) is 5.32 Å². The lowest BCUT2D eigenvalue weighted by Gasteiger charge is -2.16. The summed E-state index contributed by atoms with van der Waals surface area (Å²) in [7, 11) is 1.61. The molecule has 21 heavy (non-hydrogen) atoms. The van der Waals surface area contributed by atoms with Crippen LogP contribution >= 0.6 is 11.6 Å². The lowest BCUT2D eigenvalue weighted by Crippen LogP contribution is -2.27. The Morgan fingerprint density at radius 2 is 2.05 bits per heavy atom. The van der Waals surface area contributed by atoms with Crippen molar-refractivity contribution in [3.8, 4) is 5.75 Å². The van der Waals surface area contributed by atoms with E-state index in [1.165, 1.54) is 0 Å². The highest BCUT2D eigenvalue weighted by atomic mass is 35.5. The second-order valence-electron chi connectivity index (χ2n) is 4.70. The number of halogens is 1. The first kappa shape index (κ1) is 15.2. The van der Waals surface area contributed by atoms with Crippen molar-refractivity contribution in [3.05, 3.63) is 58.6 Å². The van der Waals surface area contributed by atoms with Crippen molar-refractivity contribution in [2.45, 2.75) is 13.0 Å². The number of carbonyl (C=O) groups excluding carboxylic acids is 1. The summed E-state index contributed by atoms with van der Waals surface area (Å²) in [4.78, 5) is 12.3. The summed E-state index contributed by atoms with van der Waals surface area (Å²) in [6.45, 7) is 1.90. The average Bonchev–Trinajstić information content (AvgIpc) is 2.49. The van der Waals surface area contributed by atoms with Gasteiger partial charge in [0.25, 0.3) is 5.91 Å². The van der Waals surface area contributed by atoms with Gasteiger partial charge >= 0.3 is 0 Å². The molecule has 1 amide bonds. The van der Waals surface area contributed by atoms with Crippen LogP contribution in [-0.4, -0.2) is 13.0 Å². The summed E-state index contributed by atoms with van der Waals surface area (Å²) in [5.41, 5.74) is 7.53. The van der Waals surface area contributed by atoms with Crippen molar-refractivity contribution in [1.29, 1.82) is 0 Å². The zero-order chi connectivity index (χ0) is 15.4. The van der Waals surface area contributed by atoms with E-state index >= 15 is 0 Å². The molecule has 0 saturated carbocycles. The molecular formula is C16H17ClN2O2. The summed E-state index contributed by atoms with van der Waals surface area (Å²) in [5, 5.41) is 3.37. The minimum Gasteiger partial charge on any atom is -0.497 e. The van der Waals surface area contributed by atoms with Crippen LogP contribution in [0.5, 0.6) is 5.75 Å². The number of nitrogens with two attached hydrogens (primary N) is 1. The molecule has 0 fully saturated rings. The second-order valence-corrected chi connectivity index (χ2v) is 5.14. The Balaban J connectivity index is 2.16. The number of hydrogen-bond acceptors (Lipinski definition) is 3. The van der Waals surface area contributed by atoms with Crippen LogP contribution in [0.4, 0.5) is 5.69 Å². The van der Waals surface area contributed by atoms with Crippen LogP contribution in [0.2, 0.25) is 5.02 Å². The number of benzene rings is 2. The molecule has 1 unspecified atom stereocenters. The van der Waals surface area contributed by atoms with Gasteiger partial charge in [-0.1, -0.05) is 23.7 Å². The maximum Gasteiger partial charge on any atom is 0.253 e. The number of anilines is 1. The highest BCUT2D eigenvalue weighted by molar-refractivity contribution is 6.31. The largest absolute Gasteiger partial charge is 0.497 e. The van der Waals surface area contributed by atoms with Gasteiger partial charge in [0.2, 0.25) is 0 Å². The molecule has 1 atom stereocenters. The Hall–Kier alpha value is -2.20. The summed E-state index contributed by atoms with van der Waals surface area (Å²) >= 11 is 5.90. The molecule has 4 nitrogen and oxygen atoms in total. The lowest BCUT2D eigenvalue weighted by molar-refractivity contribution is 0.0940. The van der Waals surface area contributed by atoms with Crippen molar-refractivity contribution in [1.82, 2.24) is 5.32 Å². The van der Waals surface area contributed by atoms with E-state index < -0.39 is 0 Å². The van der Waals surface area contributed by atoms with E-state index in [4.69, 9.17) is 22.1 Å². The van der Waals surface area contributed by atoms with Gasteiger partial charge in [-0.3, -0.25) is 4.79 Å². The van der Waals surface area contributed by atoms with Crippen LogP contribution in [0.3, 0.4) is 0 Å². The van der Waals surface area contributed by atoms with E-state index in [9.17, 15) is 4.79 Å². The maximum atomic E-state index is 12.3. The van der Waals surface area contributed by atoms with Gasteiger partial charge in [0.1, 0.15) is 5.75 Å². The third-order valence-electron chi connectivity index (χ3n) is 3.20. The highest BCUT2D eigenvalue weighted by Gasteiger charge is 2.14. The van der Waals surface area contributed by atoms with Crippen LogP contribution in [-0.2, 0) is 0 Å². The predicted octanol–water partition coefficient (Wildman–Crippen LogP) is 3.42. The van der Waals surface area contributed by atoms with Crippen LogP contribution in [0.1, 0.15) is 28.9 Å². The van der Waals surface area contributed by atoms with Gasteiger partial charge in [-0.05, 0) is 42.8 Å². The normalized spacial score (nSPS) is 11.8. The zero-order valence-electron chi connectivity index (χ0n) is 11.9. The van der Waals surface area contributed by atoms with Crippen LogP contribution in [0.15, 0.2) is 42.5 Å². The molecule has 0 heterocycles. The molecule has 0 saturated heterocycles. The van der Waals surface area contributed by atoms with Crippen molar-refractivity contribution < 1.29 is 9.53 Å².